The van der Waals surface area contributed by atoms with Crippen LogP contribution in [0.5, 0.6) is 0 Å². The molecule has 7 nitrogen and oxygen atoms in total. The molecule has 0 aromatic heterocycles. The third-order valence-corrected chi connectivity index (χ3v) is 6.62. The summed E-state index contributed by atoms with van der Waals surface area (Å²) in [6.45, 7) is 7.67. The van der Waals surface area contributed by atoms with Gasteiger partial charge < -0.3 is 20.0 Å². The summed E-state index contributed by atoms with van der Waals surface area (Å²) in [7, 11) is 0. The van der Waals surface area contributed by atoms with Crippen LogP contribution in [0.4, 0.5) is 5.69 Å². The average Bonchev–Trinajstić information content (AvgIpc) is 3.04. The summed E-state index contributed by atoms with van der Waals surface area (Å²) in [5, 5.41) is 2.96. The maximum Gasteiger partial charge on any atom is 0.250 e. The molecule has 0 unspecified atom stereocenters. The fraction of sp³-hybridized carbons (Fsp3) is 0.625. The zero-order valence-corrected chi connectivity index (χ0v) is 19.1. The number of amides is 3. The number of hydrogen-bond acceptors (Lipinski definition) is 4. The van der Waals surface area contributed by atoms with Crippen LogP contribution in [0.25, 0.3) is 0 Å². The van der Waals surface area contributed by atoms with Gasteiger partial charge in [0.2, 0.25) is 11.8 Å². The van der Waals surface area contributed by atoms with Gasteiger partial charge in [-0.25, -0.2) is 0 Å². The van der Waals surface area contributed by atoms with E-state index in [1.165, 1.54) is 0 Å². The smallest absolute Gasteiger partial charge is 0.250 e. The molecule has 3 rings (SSSR count). The van der Waals surface area contributed by atoms with E-state index < -0.39 is 5.54 Å². The monoisotopic (exact) mass is 428 g/mol. The van der Waals surface area contributed by atoms with E-state index in [9.17, 15) is 14.4 Å². The second-order valence-electron chi connectivity index (χ2n) is 8.80. The van der Waals surface area contributed by atoms with Gasteiger partial charge >= 0.3 is 0 Å². The lowest BCUT2D eigenvalue weighted by Gasteiger charge is -2.43. The van der Waals surface area contributed by atoms with Crippen molar-refractivity contribution in [2.24, 2.45) is 0 Å². The number of unbranched alkanes of at least 4 members (excludes halogenated alkanes) is 1. The van der Waals surface area contributed by atoms with Gasteiger partial charge in [0.15, 0.2) is 0 Å². The number of likely N-dealkylation sites (tertiary alicyclic amines) is 1. The Hall–Kier alpha value is -2.57. The third kappa shape index (κ3) is 5.02. The molecule has 31 heavy (non-hydrogen) atoms. The van der Waals surface area contributed by atoms with Gasteiger partial charge in [-0.15, -0.1) is 0 Å². The van der Waals surface area contributed by atoms with E-state index in [2.05, 4.69) is 17.1 Å². The number of nitrogens with zero attached hydrogens (tertiary/aromatic N) is 3. The minimum atomic E-state index is -0.695. The largest absolute Gasteiger partial charge is 0.352 e. The van der Waals surface area contributed by atoms with Gasteiger partial charge in [0, 0.05) is 31.2 Å². The molecule has 2 aliphatic rings. The summed E-state index contributed by atoms with van der Waals surface area (Å²) in [5.41, 5.74) is 0.283. The highest BCUT2D eigenvalue weighted by atomic mass is 16.2. The fourth-order valence-corrected chi connectivity index (χ4v) is 4.53. The molecule has 7 heteroatoms. The van der Waals surface area contributed by atoms with Gasteiger partial charge in [0.05, 0.1) is 6.67 Å². The van der Waals surface area contributed by atoms with Crippen molar-refractivity contribution < 1.29 is 14.4 Å². The second-order valence-corrected chi connectivity index (χ2v) is 8.80. The standard InChI is InChI=1S/C24H36N4O3/c1-4-6-12-22(30)26-15-13-24(14-16-26)23(31)27(17-21(29)25-19(3)5-2)18-28(24)20-10-8-7-9-11-20/h7-11,19H,4-6,12-18H2,1-3H3,(H,25,29)/t19-/m0/s1. The van der Waals surface area contributed by atoms with Crippen molar-refractivity contribution in [3.63, 3.8) is 0 Å². The molecule has 1 aromatic rings. The predicted octanol–water partition coefficient (Wildman–Crippen LogP) is 2.76. The number of benzene rings is 1. The molecular formula is C24H36N4O3. The van der Waals surface area contributed by atoms with Crippen molar-refractivity contribution in [3.8, 4) is 0 Å². The van der Waals surface area contributed by atoms with E-state index in [0.717, 1.165) is 24.9 Å². The van der Waals surface area contributed by atoms with Gasteiger partial charge in [-0.2, -0.15) is 0 Å². The van der Waals surface area contributed by atoms with Crippen LogP contribution in [0.15, 0.2) is 30.3 Å². The Kier molecular flexibility index (Phi) is 7.57. The molecule has 170 valence electrons. The predicted molar refractivity (Wildman–Crippen MR) is 121 cm³/mol. The van der Waals surface area contributed by atoms with Crippen molar-refractivity contribution in [2.45, 2.75) is 70.9 Å². The number of hydrogen-bond donors (Lipinski definition) is 1. The summed E-state index contributed by atoms with van der Waals surface area (Å²) in [6.07, 6.45) is 4.49. The molecule has 1 N–H and O–H groups in total. The van der Waals surface area contributed by atoms with Crippen LogP contribution in [-0.4, -0.2) is 65.4 Å². The molecule has 2 fully saturated rings. The summed E-state index contributed by atoms with van der Waals surface area (Å²) < 4.78 is 0. The van der Waals surface area contributed by atoms with E-state index in [1.807, 2.05) is 49.1 Å². The first-order valence-corrected chi connectivity index (χ1v) is 11.6. The second kappa shape index (κ2) is 10.2. The van der Waals surface area contributed by atoms with E-state index in [-0.39, 0.29) is 30.3 Å². The van der Waals surface area contributed by atoms with Crippen molar-refractivity contribution in [1.82, 2.24) is 15.1 Å². The van der Waals surface area contributed by atoms with Crippen molar-refractivity contribution in [1.29, 1.82) is 0 Å². The number of rotatable bonds is 8. The molecule has 1 spiro atoms. The average molecular weight is 429 g/mol. The molecule has 2 saturated heterocycles. The van der Waals surface area contributed by atoms with Crippen LogP contribution in [0.1, 0.15) is 59.3 Å². The van der Waals surface area contributed by atoms with Gasteiger partial charge in [-0.1, -0.05) is 38.5 Å². The topological polar surface area (TPSA) is 73.0 Å². The number of carbonyl (C=O) groups is 3. The summed E-state index contributed by atoms with van der Waals surface area (Å²) in [5.74, 6) is 0.0504. The van der Waals surface area contributed by atoms with Crippen molar-refractivity contribution in [2.75, 3.05) is 31.2 Å². The van der Waals surface area contributed by atoms with E-state index in [4.69, 9.17) is 0 Å². The highest BCUT2D eigenvalue weighted by molar-refractivity contribution is 5.96. The number of piperidine rings is 1. The maximum atomic E-state index is 13.6. The quantitative estimate of drug-likeness (QED) is 0.691. The minimum Gasteiger partial charge on any atom is -0.352 e. The molecular weight excluding hydrogens is 392 g/mol. The Morgan fingerprint density at radius 1 is 1.13 bits per heavy atom. The lowest BCUT2D eigenvalue weighted by Crippen LogP contribution is -2.57. The van der Waals surface area contributed by atoms with Gasteiger partial charge in [-0.3, -0.25) is 14.4 Å². The highest BCUT2D eigenvalue weighted by Gasteiger charge is 2.54. The SMILES string of the molecule is CCCCC(=O)N1CCC2(CC1)C(=O)N(CC(=O)N[C@@H](C)CC)CN2c1ccccc1. The molecule has 0 saturated carbocycles. The first kappa shape index (κ1) is 23.1. The van der Waals surface area contributed by atoms with Gasteiger partial charge in [-0.05, 0) is 44.7 Å². The Morgan fingerprint density at radius 2 is 1.81 bits per heavy atom. The lowest BCUT2D eigenvalue weighted by atomic mass is 9.85. The molecule has 2 heterocycles. The number of carbonyl (C=O) groups excluding carboxylic acids is 3. The Balaban J connectivity index is 1.77. The van der Waals surface area contributed by atoms with E-state index in [1.54, 1.807) is 4.90 Å². The molecule has 0 bridgehead atoms. The zero-order valence-electron chi connectivity index (χ0n) is 19.1. The highest BCUT2D eigenvalue weighted by Crippen LogP contribution is 2.39. The zero-order chi connectivity index (χ0) is 22.4. The molecule has 3 amide bonds. The first-order valence-electron chi connectivity index (χ1n) is 11.6. The number of nitrogens with one attached hydrogen (secondary N) is 1. The molecule has 1 aromatic carbocycles. The Morgan fingerprint density at radius 3 is 2.42 bits per heavy atom. The third-order valence-electron chi connectivity index (χ3n) is 6.62. The van der Waals surface area contributed by atoms with Crippen LogP contribution in [-0.2, 0) is 14.4 Å². The van der Waals surface area contributed by atoms with E-state index in [0.29, 0.717) is 39.0 Å². The van der Waals surface area contributed by atoms with Crippen LogP contribution in [0.3, 0.4) is 0 Å². The van der Waals surface area contributed by atoms with Crippen LogP contribution < -0.4 is 10.2 Å². The number of para-hydroxylation sites is 1. The van der Waals surface area contributed by atoms with Gasteiger partial charge in [0.1, 0.15) is 12.1 Å². The molecule has 0 aliphatic carbocycles. The van der Waals surface area contributed by atoms with E-state index >= 15 is 0 Å². The summed E-state index contributed by atoms with van der Waals surface area (Å²) in [4.78, 5) is 44.3. The molecule has 1 atom stereocenters. The van der Waals surface area contributed by atoms with Crippen LogP contribution in [0.2, 0.25) is 0 Å². The van der Waals surface area contributed by atoms with Crippen LogP contribution >= 0.6 is 0 Å². The normalized spacial score (nSPS) is 19.1. The molecule has 2 aliphatic heterocycles. The van der Waals surface area contributed by atoms with Gasteiger partial charge in [0.25, 0.3) is 5.91 Å². The lowest BCUT2D eigenvalue weighted by molar-refractivity contribution is -0.140. The first-order chi connectivity index (χ1) is 14.9. The van der Waals surface area contributed by atoms with Crippen LogP contribution in [0, 0.1) is 0 Å². The molecule has 0 radical (unpaired) electrons. The fourth-order valence-electron chi connectivity index (χ4n) is 4.53. The summed E-state index contributed by atoms with van der Waals surface area (Å²) >= 11 is 0. The Labute approximate surface area is 185 Å². The van der Waals surface area contributed by atoms with Crippen molar-refractivity contribution in [3.05, 3.63) is 30.3 Å². The summed E-state index contributed by atoms with van der Waals surface area (Å²) in [6, 6.07) is 10.00. The Bertz CT molecular complexity index is 774. The minimum absolute atomic E-state index is 0.00342. The number of anilines is 1. The van der Waals surface area contributed by atoms with Crippen molar-refractivity contribution >= 4 is 23.4 Å². The maximum absolute atomic E-state index is 13.6.